The Hall–Kier alpha value is -2.85. The number of hydrogen-bond donors (Lipinski definition) is 1. The number of nitrogens with zero attached hydrogens (tertiary/aromatic N) is 2. The highest BCUT2D eigenvalue weighted by molar-refractivity contribution is 5.86. The molecule has 1 aliphatic carbocycles. The lowest BCUT2D eigenvalue weighted by atomic mass is 9.90. The molecule has 5 rings (SSSR count). The van der Waals surface area contributed by atoms with Crippen LogP contribution < -0.4 is 10.5 Å². The van der Waals surface area contributed by atoms with Gasteiger partial charge in [0.1, 0.15) is 5.75 Å². The molecular weight excluding hydrogens is 382 g/mol. The molecule has 1 aliphatic heterocycles. The quantitative estimate of drug-likeness (QED) is 0.563. The van der Waals surface area contributed by atoms with E-state index >= 15 is 0 Å². The smallest absolute Gasteiger partial charge is 0.118 e. The molecule has 0 unspecified atom stereocenters. The second-order valence-electron chi connectivity index (χ2n) is 8.78. The highest BCUT2D eigenvalue weighted by Crippen LogP contribution is 2.38. The Balaban J connectivity index is 1.65. The molecular formula is C27H31N3O. The highest BCUT2D eigenvalue weighted by atomic mass is 16.5. The summed E-state index contributed by atoms with van der Waals surface area (Å²) in [7, 11) is 1.70. The van der Waals surface area contributed by atoms with E-state index in [0.29, 0.717) is 0 Å². The van der Waals surface area contributed by atoms with Gasteiger partial charge in [-0.1, -0.05) is 24.3 Å². The van der Waals surface area contributed by atoms with E-state index in [4.69, 9.17) is 15.5 Å². The number of likely N-dealkylation sites (tertiary alicyclic amines) is 1. The maximum Gasteiger partial charge on any atom is 0.118 e. The number of methoxy groups -OCH3 is 1. The van der Waals surface area contributed by atoms with Gasteiger partial charge in [0, 0.05) is 29.1 Å². The van der Waals surface area contributed by atoms with Crippen LogP contribution in [0.15, 0.2) is 48.5 Å². The molecule has 1 saturated heterocycles. The summed E-state index contributed by atoms with van der Waals surface area (Å²) in [5.74, 6) is 0.857. The zero-order chi connectivity index (χ0) is 21.2. The Morgan fingerprint density at radius 3 is 2.45 bits per heavy atom. The van der Waals surface area contributed by atoms with Crippen LogP contribution in [0.1, 0.15) is 42.5 Å². The zero-order valence-corrected chi connectivity index (χ0v) is 18.4. The first-order valence-electron chi connectivity index (χ1n) is 11.5. The molecule has 4 heteroatoms. The number of nitrogens with two attached hydrogens (primary N) is 1. The van der Waals surface area contributed by atoms with E-state index in [2.05, 4.69) is 35.2 Å². The van der Waals surface area contributed by atoms with Crippen LogP contribution in [0, 0.1) is 0 Å². The zero-order valence-electron chi connectivity index (χ0n) is 18.4. The summed E-state index contributed by atoms with van der Waals surface area (Å²) in [6.45, 7) is 3.20. The van der Waals surface area contributed by atoms with Crippen molar-refractivity contribution in [2.24, 2.45) is 0 Å². The van der Waals surface area contributed by atoms with E-state index in [1.807, 2.05) is 18.2 Å². The van der Waals surface area contributed by atoms with Crippen molar-refractivity contribution in [1.29, 1.82) is 0 Å². The van der Waals surface area contributed by atoms with Crippen molar-refractivity contribution in [3.63, 3.8) is 0 Å². The van der Waals surface area contributed by atoms with Crippen LogP contribution in [0.2, 0.25) is 0 Å². The average molecular weight is 414 g/mol. The molecule has 1 fully saturated rings. The largest absolute Gasteiger partial charge is 0.497 e. The molecule has 0 spiro atoms. The van der Waals surface area contributed by atoms with Crippen LogP contribution in [-0.4, -0.2) is 30.1 Å². The first kappa shape index (κ1) is 20.1. The standard InChI is InChI=1S/C27H31N3O/c1-31-21-11-8-20(9-12-21)27-23(18-30-16-4-5-17-30)22(13-14-24(27)28)26-15-10-19-6-2-3-7-25(19)29-26/h8-15H,2-7,16-18,28H2,1H3. The maximum atomic E-state index is 6.59. The van der Waals surface area contributed by atoms with E-state index < -0.39 is 0 Å². The van der Waals surface area contributed by atoms with Crippen molar-refractivity contribution in [2.75, 3.05) is 25.9 Å². The fraction of sp³-hybridized carbons (Fsp3) is 0.370. The number of aromatic nitrogens is 1. The van der Waals surface area contributed by atoms with Gasteiger partial charge in [0.15, 0.2) is 0 Å². The Bertz CT molecular complexity index is 1070. The normalized spacial score (nSPS) is 16.3. The number of hydrogen-bond acceptors (Lipinski definition) is 4. The minimum atomic E-state index is 0.820. The fourth-order valence-electron chi connectivity index (χ4n) is 5.07. The van der Waals surface area contributed by atoms with Crippen molar-refractivity contribution >= 4 is 5.69 Å². The molecule has 2 N–H and O–H groups in total. The van der Waals surface area contributed by atoms with Gasteiger partial charge in [-0.25, -0.2) is 0 Å². The topological polar surface area (TPSA) is 51.4 Å². The third kappa shape index (κ3) is 4.05. The second-order valence-corrected chi connectivity index (χ2v) is 8.78. The van der Waals surface area contributed by atoms with Gasteiger partial charge >= 0.3 is 0 Å². The fourth-order valence-corrected chi connectivity index (χ4v) is 5.07. The van der Waals surface area contributed by atoms with Gasteiger partial charge in [-0.2, -0.15) is 0 Å². The lowest BCUT2D eigenvalue weighted by Gasteiger charge is -2.23. The van der Waals surface area contributed by atoms with Crippen LogP contribution in [0.3, 0.4) is 0 Å². The number of fused-ring (bicyclic) bond motifs is 1. The van der Waals surface area contributed by atoms with Crippen molar-refractivity contribution in [3.8, 4) is 28.1 Å². The predicted molar refractivity (Wildman–Crippen MR) is 127 cm³/mol. The number of benzene rings is 2. The Morgan fingerprint density at radius 1 is 0.903 bits per heavy atom. The first-order valence-corrected chi connectivity index (χ1v) is 11.5. The molecule has 2 heterocycles. The monoisotopic (exact) mass is 413 g/mol. The number of nitrogen functional groups attached to an aromatic ring is 1. The molecule has 1 aromatic heterocycles. The van der Waals surface area contributed by atoms with Gasteiger partial charge in [-0.15, -0.1) is 0 Å². The number of ether oxygens (including phenoxy) is 1. The Morgan fingerprint density at radius 2 is 1.68 bits per heavy atom. The molecule has 3 aromatic rings. The SMILES string of the molecule is COc1ccc(-c2c(N)ccc(-c3ccc4c(n3)CCCC4)c2CN2CCCC2)cc1. The summed E-state index contributed by atoms with van der Waals surface area (Å²) in [6.07, 6.45) is 7.30. The number of pyridine rings is 1. The van der Waals surface area contributed by atoms with E-state index in [1.165, 1.54) is 48.1 Å². The third-order valence-electron chi connectivity index (χ3n) is 6.76. The van der Waals surface area contributed by atoms with Crippen LogP contribution in [0.4, 0.5) is 5.69 Å². The number of rotatable bonds is 5. The van der Waals surface area contributed by atoms with Crippen LogP contribution in [-0.2, 0) is 19.4 Å². The summed E-state index contributed by atoms with van der Waals surface area (Å²) >= 11 is 0. The predicted octanol–water partition coefficient (Wildman–Crippen LogP) is 5.48. The molecule has 2 aromatic carbocycles. The minimum absolute atomic E-state index is 0.820. The van der Waals surface area contributed by atoms with Crippen LogP contribution in [0.25, 0.3) is 22.4 Å². The lowest BCUT2D eigenvalue weighted by Crippen LogP contribution is -2.20. The maximum absolute atomic E-state index is 6.59. The minimum Gasteiger partial charge on any atom is -0.497 e. The van der Waals surface area contributed by atoms with Gasteiger partial charge < -0.3 is 10.5 Å². The van der Waals surface area contributed by atoms with Crippen molar-refractivity contribution in [1.82, 2.24) is 9.88 Å². The molecule has 0 bridgehead atoms. The van der Waals surface area contributed by atoms with E-state index in [1.54, 1.807) is 7.11 Å². The second kappa shape index (κ2) is 8.72. The summed E-state index contributed by atoms with van der Waals surface area (Å²) in [5, 5.41) is 0. The van der Waals surface area contributed by atoms with Crippen molar-refractivity contribution < 1.29 is 4.74 Å². The molecule has 0 atom stereocenters. The van der Waals surface area contributed by atoms with Crippen molar-refractivity contribution in [2.45, 2.75) is 45.1 Å². The first-order chi connectivity index (χ1) is 15.2. The van der Waals surface area contributed by atoms with E-state index in [9.17, 15) is 0 Å². The molecule has 0 amide bonds. The summed E-state index contributed by atoms with van der Waals surface area (Å²) in [5.41, 5.74) is 15.9. The van der Waals surface area contributed by atoms with E-state index in [0.717, 1.165) is 60.7 Å². The Labute approximate surface area is 185 Å². The Kier molecular flexibility index (Phi) is 5.65. The molecule has 2 aliphatic rings. The van der Waals surface area contributed by atoms with Crippen LogP contribution in [0.5, 0.6) is 5.75 Å². The summed E-state index contributed by atoms with van der Waals surface area (Å²) in [6, 6.07) is 17.0. The van der Waals surface area contributed by atoms with Gasteiger partial charge in [-0.3, -0.25) is 9.88 Å². The van der Waals surface area contributed by atoms with Gasteiger partial charge in [0.25, 0.3) is 0 Å². The summed E-state index contributed by atoms with van der Waals surface area (Å²) < 4.78 is 5.37. The average Bonchev–Trinajstić information content (AvgIpc) is 3.32. The molecule has 4 nitrogen and oxygen atoms in total. The molecule has 160 valence electrons. The molecule has 31 heavy (non-hydrogen) atoms. The van der Waals surface area contributed by atoms with Crippen molar-refractivity contribution in [3.05, 3.63) is 65.4 Å². The van der Waals surface area contributed by atoms with Gasteiger partial charge in [-0.05, 0) is 92.6 Å². The van der Waals surface area contributed by atoms with Gasteiger partial charge in [0.2, 0.25) is 0 Å². The lowest BCUT2D eigenvalue weighted by molar-refractivity contribution is 0.332. The molecule has 0 saturated carbocycles. The third-order valence-corrected chi connectivity index (χ3v) is 6.76. The summed E-state index contributed by atoms with van der Waals surface area (Å²) in [4.78, 5) is 7.68. The van der Waals surface area contributed by atoms with E-state index in [-0.39, 0.29) is 0 Å². The van der Waals surface area contributed by atoms with Gasteiger partial charge in [0.05, 0.1) is 12.8 Å². The van der Waals surface area contributed by atoms with Crippen LogP contribution >= 0.6 is 0 Å². The highest BCUT2D eigenvalue weighted by Gasteiger charge is 2.21. The number of anilines is 1. The number of aryl methyl sites for hydroxylation is 2. The molecule has 0 radical (unpaired) electrons.